The maximum absolute atomic E-state index is 12.6. The third-order valence-corrected chi connectivity index (χ3v) is 4.90. The number of fused-ring (bicyclic) bond motifs is 3. The van der Waals surface area contributed by atoms with E-state index in [1.807, 2.05) is 16.8 Å². The molecule has 0 saturated carbocycles. The first-order valence-electron chi connectivity index (χ1n) is 7.89. The predicted molar refractivity (Wildman–Crippen MR) is 80.1 cm³/mol. The van der Waals surface area contributed by atoms with Gasteiger partial charge in [-0.3, -0.25) is 9.48 Å². The molecule has 4 heteroatoms. The molecule has 3 atom stereocenters. The lowest BCUT2D eigenvalue weighted by molar-refractivity contribution is -0.123. The second kappa shape index (κ2) is 4.95. The molecule has 0 radical (unpaired) electrons. The molecule has 1 aromatic heterocycles. The number of hydrogen-bond acceptors (Lipinski definition) is 3. The number of carbonyl (C=O) groups is 1. The van der Waals surface area contributed by atoms with E-state index in [2.05, 4.69) is 24.2 Å². The summed E-state index contributed by atoms with van der Waals surface area (Å²) in [6.45, 7) is 2.90. The minimum Gasteiger partial charge on any atom is -0.374 e. The molecule has 3 heterocycles. The molecule has 2 aliphatic rings. The van der Waals surface area contributed by atoms with E-state index in [1.54, 1.807) is 0 Å². The monoisotopic (exact) mass is 284 g/mol. The zero-order valence-electron chi connectivity index (χ0n) is 12.3. The van der Waals surface area contributed by atoms with Crippen molar-refractivity contribution in [1.82, 2.24) is 9.78 Å². The minimum absolute atomic E-state index is 0.0919. The lowest BCUT2D eigenvalue weighted by Crippen LogP contribution is -2.26. The van der Waals surface area contributed by atoms with Crippen molar-refractivity contribution in [3.05, 3.63) is 30.0 Å². The van der Waals surface area contributed by atoms with Gasteiger partial charge >= 0.3 is 0 Å². The third kappa shape index (κ3) is 2.09. The molecule has 4 nitrogen and oxygen atoms in total. The molecule has 0 aliphatic carbocycles. The predicted octanol–water partition coefficient (Wildman–Crippen LogP) is 2.74. The number of aromatic nitrogens is 2. The van der Waals surface area contributed by atoms with Crippen LogP contribution in [0.5, 0.6) is 0 Å². The molecule has 2 aliphatic heterocycles. The van der Waals surface area contributed by atoms with Crippen LogP contribution in [0.1, 0.15) is 31.9 Å². The number of ether oxygens (including phenoxy) is 1. The highest BCUT2D eigenvalue weighted by Gasteiger charge is 2.44. The Hall–Kier alpha value is -1.68. The smallest absolute Gasteiger partial charge is 0.144 e. The highest BCUT2D eigenvalue weighted by molar-refractivity contribution is 5.90. The second-order valence-electron chi connectivity index (χ2n) is 6.14. The van der Waals surface area contributed by atoms with Crippen LogP contribution in [0.15, 0.2) is 24.3 Å². The fraction of sp³-hybridized carbons (Fsp3) is 0.529. The Balaban J connectivity index is 1.61. The molecule has 2 bridgehead atoms. The minimum atomic E-state index is 0.0919. The second-order valence-corrected chi connectivity index (χ2v) is 6.14. The average molecular weight is 284 g/mol. The van der Waals surface area contributed by atoms with E-state index < -0.39 is 0 Å². The molecule has 1 aromatic carbocycles. The van der Waals surface area contributed by atoms with Crippen LogP contribution in [0.2, 0.25) is 0 Å². The molecule has 110 valence electrons. The summed E-state index contributed by atoms with van der Waals surface area (Å²) >= 11 is 0. The molecule has 2 fully saturated rings. The van der Waals surface area contributed by atoms with E-state index in [-0.39, 0.29) is 12.0 Å². The molecule has 3 unspecified atom stereocenters. The van der Waals surface area contributed by atoms with Crippen LogP contribution in [0.25, 0.3) is 10.9 Å². The van der Waals surface area contributed by atoms with E-state index in [0.29, 0.717) is 18.3 Å². The van der Waals surface area contributed by atoms with Gasteiger partial charge in [0.2, 0.25) is 0 Å². The maximum Gasteiger partial charge on any atom is 0.144 e. The fourth-order valence-corrected chi connectivity index (χ4v) is 3.84. The van der Waals surface area contributed by atoms with Gasteiger partial charge in [-0.25, -0.2) is 0 Å². The van der Waals surface area contributed by atoms with Crippen LogP contribution >= 0.6 is 0 Å². The van der Waals surface area contributed by atoms with Crippen molar-refractivity contribution < 1.29 is 9.53 Å². The van der Waals surface area contributed by atoms with Crippen molar-refractivity contribution in [2.24, 2.45) is 5.92 Å². The summed E-state index contributed by atoms with van der Waals surface area (Å²) in [5, 5.41) is 5.74. The third-order valence-electron chi connectivity index (χ3n) is 4.90. The van der Waals surface area contributed by atoms with Gasteiger partial charge in [0.15, 0.2) is 0 Å². The normalized spacial score (nSPS) is 27.6. The van der Waals surface area contributed by atoms with E-state index in [1.165, 1.54) is 0 Å². The topological polar surface area (TPSA) is 44.1 Å². The molecule has 2 saturated heterocycles. The van der Waals surface area contributed by atoms with Gasteiger partial charge in [-0.05, 0) is 32.3 Å². The van der Waals surface area contributed by atoms with Gasteiger partial charge in [-0.2, -0.15) is 5.10 Å². The van der Waals surface area contributed by atoms with Gasteiger partial charge in [-0.15, -0.1) is 0 Å². The van der Waals surface area contributed by atoms with Crippen LogP contribution in [-0.2, 0) is 22.5 Å². The standard InChI is InChI=1S/C17H20N2O2/c1-2-19-15-6-4-3-5-12(15)14(18-19)10-16(20)13-9-11-7-8-17(13)21-11/h3-6,11,13,17H,2,7-10H2,1H3. The molecular weight excluding hydrogens is 264 g/mol. The summed E-state index contributed by atoms with van der Waals surface area (Å²) in [6, 6.07) is 8.17. The maximum atomic E-state index is 12.6. The molecule has 0 spiro atoms. The van der Waals surface area contributed by atoms with Crippen molar-refractivity contribution in [3.8, 4) is 0 Å². The van der Waals surface area contributed by atoms with Crippen LogP contribution in [-0.4, -0.2) is 27.8 Å². The van der Waals surface area contributed by atoms with E-state index in [9.17, 15) is 4.79 Å². The van der Waals surface area contributed by atoms with Crippen LogP contribution in [0.4, 0.5) is 0 Å². The Bertz CT molecular complexity index is 691. The SMILES string of the molecule is CCn1nc(CC(=O)C2CC3CCC2O3)c2ccccc21. The Labute approximate surface area is 124 Å². The van der Waals surface area contributed by atoms with Gasteiger partial charge in [-0.1, -0.05) is 18.2 Å². The summed E-state index contributed by atoms with van der Waals surface area (Å²) < 4.78 is 7.79. The Morgan fingerprint density at radius 3 is 2.95 bits per heavy atom. The summed E-state index contributed by atoms with van der Waals surface area (Å²) in [6.07, 6.45) is 4.02. The number of ketones is 1. The largest absolute Gasteiger partial charge is 0.374 e. The molecular formula is C17H20N2O2. The Morgan fingerprint density at radius 1 is 1.38 bits per heavy atom. The van der Waals surface area contributed by atoms with Crippen LogP contribution in [0.3, 0.4) is 0 Å². The number of rotatable bonds is 4. The van der Waals surface area contributed by atoms with Crippen molar-refractivity contribution in [3.63, 3.8) is 0 Å². The number of aryl methyl sites for hydroxylation is 1. The van der Waals surface area contributed by atoms with E-state index >= 15 is 0 Å². The summed E-state index contributed by atoms with van der Waals surface area (Å²) in [5.74, 6) is 0.392. The molecule has 0 amide bonds. The number of nitrogens with zero attached hydrogens (tertiary/aromatic N) is 2. The lowest BCUT2D eigenvalue weighted by Gasteiger charge is -2.16. The van der Waals surface area contributed by atoms with Crippen LogP contribution < -0.4 is 0 Å². The summed E-state index contributed by atoms with van der Waals surface area (Å²) in [5.41, 5.74) is 2.03. The number of hydrogen-bond donors (Lipinski definition) is 0. The first kappa shape index (κ1) is 13.0. The number of Topliss-reactive ketones (excluding diaryl/α,β-unsaturated/α-hetero) is 1. The molecule has 4 rings (SSSR count). The van der Waals surface area contributed by atoms with E-state index in [4.69, 9.17) is 4.74 Å². The number of para-hydroxylation sites is 1. The first-order chi connectivity index (χ1) is 10.3. The zero-order valence-corrected chi connectivity index (χ0v) is 12.3. The van der Waals surface area contributed by atoms with Crippen molar-refractivity contribution in [2.75, 3.05) is 0 Å². The number of carbonyl (C=O) groups excluding carboxylic acids is 1. The van der Waals surface area contributed by atoms with E-state index in [0.717, 1.165) is 42.4 Å². The Morgan fingerprint density at radius 2 is 2.24 bits per heavy atom. The molecule has 0 N–H and O–H groups in total. The quantitative estimate of drug-likeness (QED) is 0.867. The van der Waals surface area contributed by atoms with Crippen molar-refractivity contribution in [2.45, 2.75) is 51.4 Å². The number of benzene rings is 1. The highest BCUT2D eigenvalue weighted by atomic mass is 16.5. The zero-order chi connectivity index (χ0) is 14.4. The van der Waals surface area contributed by atoms with Gasteiger partial charge in [0.1, 0.15) is 5.78 Å². The van der Waals surface area contributed by atoms with Crippen molar-refractivity contribution in [1.29, 1.82) is 0 Å². The van der Waals surface area contributed by atoms with Gasteiger partial charge in [0, 0.05) is 17.8 Å². The summed E-state index contributed by atoms with van der Waals surface area (Å²) in [7, 11) is 0. The molecule has 2 aromatic rings. The van der Waals surface area contributed by atoms with Crippen molar-refractivity contribution >= 4 is 16.7 Å². The Kier molecular flexibility index (Phi) is 3.07. The summed E-state index contributed by atoms with van der Waals surface area (Å²) in [4.78, 5) is 12.6. The first-order valence-corrected chi connectivity index (χ1v) is 7.89. The highest BCUT2D eigenvalue weighted by Crippen LogP contribution is 2.39. The van der Waals surface area contributed by atoms with Gasteiger partial charge in [0.25, 0.3) is 0 Å². The molecule has 21 heavy (non-hydrogen) atoms. The van der Waals surface area contributed by atoms with Crippen LogP contribution in [0, 0.1) is 5.92 Å². The van der Waals surface area contributed by atoms with Gasteiger partial charge in [0.05, 0.1) is 29.8 Å². The average Bonchev–Trinajstić information content (AvgIpc) is 3.21. The van der Waals surface area contributed by atoms with Gasteiger partial charge < -0.3 is 4.74 Å². The fourth-order valence-electron chi connectivity index (χ4n) is 3.84. The lowest BCUT2D eigenvalue weighted by atomic mass is 9.84.